The first-order valence-electron chi connectivity index (χ1n) is 24.6. The number of aliphatic hydroxyl groups excluding tert-OH is 2. The van der Waals surface area contributed by atoms with Gasteiger partial charge < -0.3 is 10.2 Å². The Bertz CT molecular complexity index is 1550. The topological polar surface area (TPSA) is 40.5 Å². The lowest BCUT2D eigenvalue weighted by Gasteiger charge is -2.44. The molecule has 13 atom stereocenters. The van der Waals surface area contributed by atoms with Crippen molar-refractivity contribution in [3.63, 3.8) is 0 Å². The van der Waals surface area contributed by atoms with Crippen LogP contribution in [0.3, 0.4) is 0 Å². The van der Waals surface area contributed by atoms with Crippen LogP contribution in [0.2, 0.25) is 0 Å². The van der Waals surface area contributed by atoms with E-state index in [9.17, 15) is 10.2 Å². The molecule has 6 fully saturated rings. The molecule has 58 heavy (non-hydrogen) atoms. The van der Waals surface area contributed by atoms with Gasteiger partial charge in [0.25, 0.3) is 0 Å². The fourth-order valence-corrected chi connectivity index (χ4v) is 12.7. The van der Waals surface area contributed by atoms with Crippen molar-refractivity contribution in [1.82, 2.24) is 0 Å². The van der Waals surface area contributed by atoms with Gasteiger partial charge in [-0.25, -0.2) is 0 Å². The summed E-state index contributed by atoms with van der Waals surface area (Å²) in [6.45, 7) is 30.7. The van der Waals surface area contributed by atoms with E-state index in [1.165, 1.54) is 80.9 Å². The normalized spacial score (nSPS) is 39.4. The molecule has 0 heterocycles. The van der Waals surface area contributed by atoms with Gasteiger partial charge in [-0.1, -0.05) is 154 Å². The van der Waals surface area contributed by atoms with Crippen LogP contribution in [-0.4, -0.2) is 22.4 Å². The van der Waals surface area contributed by atoms with Gasteiger partial charge in [0, 0.05) is 0 Å². The molecule has 0 aromatic heterocycles. The number of hydrogen-bond donors (Lipinski definition) is 2. The molecular formula is C56H90O2. The van der Waals surface area contributed by atoms with E-state index in [0.717, 1.165) is 74.0 Å². The Kier molecular flexibility index (Phi) is 16.9. The third kappa shape index (κ3) is 11.3. The van der Waals surface area contributed by atoms with Gasteiger partial charge in [0.05, 0.1) is 12.2 Å². The Balaban J connectivity index is 0.000000221. The summed E-state index contributed by atoms with van der Waals surface area (Å²) in [5, 5.41) is 20.1. The van der Waals surface area contributed by atoms with E-state index in [2.05, 4.69) is 131 Å². The minimum atomic E-state index is -0.182. The van der Waals surface area contributed by atoms with Crippen LogP contribution in [-0.2, 0) is 0 Å². The molecule has 0 saturated heterocycles. The number of rotatable bonds is 10. The van der Waals surface area contributed by atoms with Gasteiger partial charge >= 0.3 is 0 Å². The molecule has 0 amide bonds. The smallest absolute Gasteiger partial charge is 0.0583 e. The standard InChI is InChI=1S/C28H46O.C28H44O/c2*1-19(2)20(3)9-10-22(5)26-15-16-27-23(8-7-17-28(26,27)6)12-13-24-18-25(29)14-11-21(24)4/h9-10,12-13,19-22,25-27,29H,7-8,11,14-18H2,1-6H3;9-10,12-13,19-20,22,25-27,29H,4,7-8,11,14-18H2,1-3,5-6H3/b10-9+,23-12+,24-13+;10-9+,23-12+,24-13-/t20-,21-,22+,25-,26+,27-,28+;20-,22+,25-,26+,27-,28+/m00/s1. The van der Waals surface area contributed by atoms with Crippen LogP contribution in [0, 0.1) is 75.9 Å². The first-order chi connectivity index (χ1) is 27.4. The zero-order chi connectivity index (χ0) is 42.4. The van der Waals surface area contributed by atoms with Crippen LogP contribution >= 0.6 is 0 Å². The first kappa shape index (κ1) is 47.2. The van der Waals surface area contributed by atoms with Crippen LogP contribution in [0.15, 0.2) is 83.1 Å². The van der Waals surface area contributed by atoms with Crippen LogP contribution < -0.4 is 0 Å². The second-order valence-corrected chi connectivity index (χ2v) is 22.1. The van der Waals surface area contributed by atoms with Crippen molar-refractivity contribution < 1.29 is 10.2 Å². The van der Waals surface area contributed by atoms with E-state index in [1.54, 1.807) is 11.1 Å². The van der Waals surface area contributed by atoms with E-state index in [-0.39, 0.29) is 12.2 Å². The van der Waals surface area contributed by atoms with Gasteiger partial charge in [0.2, 0.25) is 0 Å². The molecule has 6 rings (SSSR count). The molecule has 326 valence electrons. The maximum Gasteiger partial charge on any atom is 0.0583 e. The highest BCUT2D eigenvalue weighted by molar-refractivity contribution is 5.36. The van der Waals surface area contributed by atoms with Crippen molar-refractivity contribution in [2.24, 2.45) is 75.9 Å². The average Bonchev–Trinajstić information content (AvgIpc) is 3.73. The number of aliphatic hydroxyl groups is 2. The Morgan fingerprint density at radius 1 is 0.552 bits per heavy atom. The fourth-order valence-electron chi connectivity index (χ4n) is 12.7. The predicted octanol–water partition coefficient (Wildman–Crippen LogP) is 15.4. The Hall–Kier alpha value is -1.90. The predicted molar refractivity (Wildman–Crippen MR) is 251 cm³/mol. The maximum absolute atomic E-state index is 10.1. The summed E-state index contributed by atoms with van der Waals surface area (Å²) in [5.74, 6) is 7.86. The van der Waals surface area contributed by atoms with E-state index in [0.29, 0.717) is 40.4 Å². The van der Waals surface area contributed by atoms with Crippen molar-refractivity contribution in [3.05, 3.63) is 83.1 Å². The summed E-state index contributed by atoms with van der Waals surface area (Å²) in [4.78, 5) is 0. The number of allylic oxidation sites excluding steroid dienone is 11. The third-order valence-corrected chi connectivity index (χ3v) is 17.6. The molecule has 0 spiro atoms. The summed E-state index contributed by atoms with van der Waals surface area (Å²) >= 11 is 0. The molecular weight excluding hydrogens is 705 g/mol. The van der Waals surface area contributed by atoms with Gasteiger partial charge in [-0.2, -0.15) is 0 Å². The summed E-state index contributed by atoms with van der Waals surface area (Å²) < 4.78 is 0. The van der Waals surface area contributed by atoms with E-state index in [1.807, 2.05) is 0 Å². The molecule has 6 aliphatic carbocycles. The van der Waals surface area contributed by atoms with E-state index < -0.39 is 0 Å². The monoisotopic (exact) mass is 795 g/mol. The van der Waals surface area contributed by atoms with Crippen LogP contribution in [0.25, 0.3) is 0 Å². The van der Waals surface area contributed by atoms with E-state index >= 15 is 0 Å². The molecule has 0 aromatic rings. The highest BCUT2D eigenvalue weighted by atomic mass is 16.3. The number of fused-ring (bicyclic) bond motifs is 2. The summed E-state index contributed by atoms with van der Waals surface area (Å²) in [6, 6.07) is 0. The van der Waals surface area contributed by atoms with Crippen LogP contribution in [0.4, 0.5) is 0 Å². The minimum absolute atomic E-state index is 0.121. The molecule has 2 N–H and O–H groups in total. The highest BCUT2D eigenvalue weighted by Gasteiger charge is 2.51. The minimum Gasteiger partial charge on any atom is -0.393 e. The maximum atomic E-state index is 10.1. The molecule has 0 unspecified atom stereocenters. The van der Waals surface area contributed by atoms with Gasteiger partial charge in [-0.15, -0.1) is 0 Å². The van der Waals surface area contributed by atoms with Gasteiger partial charge in [0.1, 0.15) is 0 Å². The van der Waals surface area contributed by atoms with Gasteiger partial charge in [0.15, 0.2) is 0 Å². The van der Waals surface area contributed by atoms with Crippen molar-refractivity contribution in [2.75, 3.05) is 0 Å². The summed E-state index contributed by atoms with van der Waals surface area (Å²) in [6.07, 6.45) is 38.3. The zero-order valence-electron chi connectivity index (χ0n) is 39.5. The molecule has 2 heteroatoms. The molecule has 6 aliphatic rings. The molecule has 6 saturated carbocycles. The molecule has 0 radical (unpaired) electrons. The lowest BCUT2D eigenvalue weighted by molar-refractivity contribution is 0.112. The SMILES string of the molecule is C=C1CC[C@H](O)C/C1=C/C=C1\CCC[C@]2(C)[C@@H]([C@H](C)/C=C/[C@H](C)C(C)C)CC[C@@H]12.CC(C)[C@@H](C)/C=C/[C@@H](C)[C@H]1CC[C@H]2/C(=C/C=C3\C[C@@H](O)CC[C@@H]3C)CCC[C@]12C. The number of hydrogen-bond acceptors (Lipinski definition) is 2. The lowest BCUT2D eigenvalue weighted by Crippen LogP contribution is -2.35. The lowest BCUT2D eigenvalue weighted by atomic mass is 9.61. The second kappa shape index (κ2) is 20.8. The third-order valence-electron chi connectivity index (χ3n) is 17.6. The van der Waals surface area contributed by atoms with Gasteiger partial charge in [-0.05, 0) is 184 Å². The Morgan fingerprint density at radius 2 is 1.02 bits per heavy atom. The highest BCUT2D eigenvalue weighted by Crippen LogP contribution is 2.61. The molecule has 0 aliphatic heterocycles. The molecule has 2 nitrogen and oxygen atoms in total. The van der Waals surface area contributed by atoms with Crippen molar-refractivity contribution >= 4 is 0 Å². The van der Waals surface area contributed by atoms with Crippen molar-refractivity contribution in [1.29, 1.82) is 0 Å². The second-order valence-electron chi connectivity index (χ2n) is 22.1. The summed E-state index contributed by atoms with van der Waals surface area (Å²) in [5.41, 5.74) is 8.24. The zero-order valence-corrected chi connectivity index (χ0v) is 39.5. The van der Waals surface area contributed by atoms with Crippen LogP contribution in [0.5, 0.6) is 0 Å². The summed E-state index contributed by atoms with van der Waals surface area (Å²) in [7, 11) is 0. The van der Waals surface area contributed by atoms with E-state index in [4.69, 9.17) is 0 Å². The largest absolute Gasteiger partial charge is 0.393 e. The molecule has 0 bridgehead atoms. The average molecular weight is 795 g/mol. The van der Waals surface area contributed by atoms with Crippen molar-refractivity contribution in [3.8, 4) is 0 Å². The first-order valence-corrected chi connectivity index (χ1v) is 24.6. The fraction of sp³-hybridized carbons (Fsp3) is 0.750. The van der Waals surface area contributed by atoms with Gasteiger partial charge in [-0.3, -0.25) is 0 Å². The quantitative estimate of drug-likeness (QED) is 0.216. The Morgan fingerprint density at radius 3 is 1.52 bits per heavy atom. The van der Waals surface area contributed by atoms with Crippen LogP contribution in [0.1, 0.15) is 179 Å². The molecule has 0 aromatic carbocycles. The van der Waals surface area contributed by atoms with Crippen molar-refractivity contribution in [2.45, 2.75) is 191 Å². The Labute approximate surface area is 359 Å².